The van der Waals surface area contributed by atoms with Crippen LogP contribution in [-0.4, -0.2) is 26.3 Å². The number of anilines is 1. The molecule has 0 unspecified atom stereocenters. The van der Waals surface area contributed by atoms with Gasteiger partial charge >= 0.3 is 0 Å². The molecule has 1 heterocycles. The number of hydrogen-bond donors (Lipinski definition) is 2. The van der Waals surface area contributed by atoms with Crippen LogP contribution in [0.3, 0.4) is 0 Å². The van der Waals surface area contributed by atoms with Crippen molar-refractivity contribution >= 4 is 81.4 Å². The molecule has 3 N–H and O–H groups in total. The Balaban J connectivity index is 0.000000137. The molecule has 12 aromatic carbocycles. The van der Waals surface area contributed by atoms with Crippen molar-refractivity contribution < 1.29 is 14.2 Å². The summed E-state index contributed by atoms with van der Waals surface area (Å²) in [5, 5.41) is 15.2. The van der Waals surface area contributed by atoms with E-state index < -0.39 is 0 Å². The van der Waals surface area contributed by atoms with Crippen molar-refractivity contribution in [2.24, 2.45) is 0 Å². The summed E-state index contributed by atoms with van der Waals surface area (Å²) in [5.74, 6) is 6.26. The lowest BCUT2D eigenvalue weighted by atomic mass is 9.98. The van der Waals surface area contributed by atoms with Crippen LogP contribution in [0.4, 0.5) is 5.69 Å². The highest BCUT2D eigenvalue weighted by Gasteiger charge is 2.12. The molecule has 1 aromatic heterocycles. The van der Waals surface area contributed by atoms with Crippen LogP contribution in [0.25, 0.3) is 75.7 Å². The molecule has 0 aliphatic rings. The molecule has 452 valence electrons. The number of fused-ring (bicyclic) bond motifs is 8. The zero-order valence-corrected chi connectivity index (χ0v) is 54.7. The molecule has 0 saturated carbocycles. The molecule has 0 spiro atoms. The molecule has 88 heavy (non-hydrogen) atoms. The average Bonchev–Trinajstić information content (AvgIpc) is 4.13. The van der Waals surface area contributed by atoms with Gasteiger partial charge in [-0.2, -0.15) is 0 Å². The third kappa shape index (κ3) is 16.5. The highest BCUT2D eigenvalue weighted by molar-refractivity contribution is 6.07. The van der Waals surface area contributed by atoms with Crippen molar-refractivity contribution in [3.8, 4) is 17.2 Å². The number of nitrogens with one attached hydrogen (secondary N) is 1. The normalized spacial score (nSPS) is 11.1. The van der Waals surface area contributed by atoms with Gasteiger partial charge in [-0.1, -0.05) is 265 Å². The Labute approximate surface area is 524 Å². The smallest absolute Gasteiger partial charge is 0.130 e. The lowest BCUT2D eigenvalue weighted by Gasteiger charge is -2.14. The quantitative estimate of drug-likeness (QED) is 0.141. The highest BCUT2D eigenvalue weighted by atomic mass is 16.5. The van der Waals surface area contributed by atoms with Crippen LogP contribution in [0.5, 0.6) is 17.2 Å². The van der Waals surface area contributed by atoms with E-state index in [1.54, 1.807) is 21.3 Å². The van der Waals surface area contributed by atoms with Crippen LogP contribution >= 0.6 is 0 Å². The first-order valence-corrected chi connectivity index (χ1v) is 31.3. The van der Waals surface area contributed by atoms with E-state index in [9.17, 15) is 0 Å². The number of aromatic nitrogens is 1. The first-order chi connectivity index (χ1) is 42.3. The van der Waals surface area contributed by atoms with Gasteiger partial charge in [-0.15, -0.1) is 0 Å². The summed E-state index contributed by atoms with van der Waals surface area (Å²) in [4.78, 5) is 3.47. The Bertz CT molecular complexity index is 4380. The maximum absolute atomic E-state index is 5.72. The minimum Gasteiger partial charge on any atom is -0.497 e. The number of H-pyrrole nitrogens is 1. The molecule has 0 radical (unpaired) electrons. The second-order valence-corrected chi connectivity index (χ2v) is 24.7. The van der Waals surface area contributed by atoms with Gasteiger partial charge in [0.1, 0.15) is 17.2 Å². The first kappa shape index (κ1) is 64.9. The predicted molar refractivity (Wildman–Crippen MR) is 384 cm³/mol. The number of rotatable bonds is 9. The topological polar surface area (TPSA) is 69.5 Å². The molecule has 0 amide bonds. The molecular formula is C83H92N2O3. The van der Waals surface area contributed by atoms with Gasteiger partial charge in [0.15, 0.2) is 0 Å². The van der Waals surface area contributed by atoms with Crippen molar-refractivity contribution in [3.05, 3.63) is 264 Å². The van der Waals surface area contributed by atoms with Crippen molar-refractivity contribution in [2.45, 2.75) is 119 Å². The van der Waals surface area contributed by atoms with Crippen LogP contribution in [0.1, 0.15) is 152 Å². The molecule has 0 bridgehead atoms. The fraction of sp³-hybridized carbons (Fsp3) is 0.253. The zero-order valence-electron chi connectivity index (χ0n) is 54.7. The number of para-hydroxylation sites is 1. The van der Waals surface area contributed by atoms with Crippen molar-refractivity contribution in [1.29, 1.82) is 0 Å². The SMILES string of the molecule is CC(C)c1ccc2c(c1)[nH]c1ccccc12.CC(C)c1ccc2cc(N)ccc2c1.CC(C)c1ccc2ccccc2c1.COc1c(C(C)C)ccc2ccccc12.COc1cc2ccccc2cc1C(C)C.COc1ccc2cc(C(C)C)ccc2c1. The number of methoxy groups -OCH3 is 3. The standard InChI is InChI=1S/C15H15N.3C14H16O.C13H15N.C13H14/c1-10(2)11-7-8-13-12-5-3-4-6-14(12)16-15(13)9-11;1-10(2)11-4-5-13-9-14(15-3)7-6-12(13)8-11;1-10(2)13-8-11-6-4-5-7-12(11)9-14(13)15-3;1-10(2)12-9-8-11-6-4-5-7-13(11)14(12)15-3;1-9(2)10-3-4-12-8-13(14)6-5-11(12)7-10;1-10(2)12-8-7-11-5-3-4-6-13(11)9-12/h3-10,16H,1-2H3;3*4-10H,1-3H3;3-9H,14H2,1-2H3;3-10H,1-2H3. The van der Waals surface area contributed by atoms with Gasteiger partial charge in [0.05, 0.1) is 21.3 Å². The van der Waals surface area contributed by atoms with E-state index in [1.165, 1.54) is 109 Å². The molecule has 0 atom stereocenters. The molecule has 5 nitrogen and oxygen atoms in total. The molecule has 13 rings (SSSR count). The van der Waals surface area contributed by atoms with E-state index in [-0.39, 0.29) is 0 Å². The summed E-state index contributed by atoms with van der Waals surface area (Å²) in [7, 11) is 5.17. The van der Waals surface area contributed by atoms with Gasteiger partial charge < -0.3 is 24.9 Å². The third-order valence-electron chi connectivity index (χ3n) is 16.4. The minimum atomic E-state index is 0.490. The molecular weight excluding hydrogens is 1070 g/mol. The van der Waals surface area contributed by atoms with Crippen LogP contribution in [0, 0.1) is 0 Å². The summed E-state index contributed by atoms with van der Waals surface area (Å²) in [6, 6.07) is 81.1. The summed E-state index contributed by atoms with van der Waals surface area (Å²) in [5.41, 5.74) is 17.1. The van der Waals surface area contributed by atoms with Crippen molar-refractivity contribution in [3.63, 3.8) is 0 Å². The van der Waals surface area contributed by atoms with Crippen LogP contribution < -0.4 is 19.9 Å². The monoisotopic (exact) mass is 1160 g/mol. The maximum Gasteiger partial charge on any atom is 0.130 e. The molecule has 5 heteroatoms. The van der Waals surface area contributed by atoms with Crippen LogP contribution in [0.2, 0.25) is 0 Å². The number of hydrogen-bond acceptors (Lipinski definition) is 4. The Hall–Kier alpha value is -9.06. The second kappa shape index (κ2) is 30.5. The summed E-state index contributed by atoms with van der Waals surface area (Å²) >= 11 is 0. The highest BCUT2D eigenvalue weighted by Crippen LogP contribution is 2.35. The van der Waals surface area contributed by atoms with E-state index in [4.69, 9.17) is 19.9 Å². The van der Waals surface area contributed by atoms with E-state index >= 15 is 0 Å². The number of nitrogens with two attached hydrogens (primary N) is 1. The molecule has 0 aliphatic heterocycles. The lowest BCUT2D eigenvalue weighted by Crippen LogP contribution is -1.94. The van der Waals surface area contributed by atoms with Gasteiger partial charge in [0.25, 0.3) is 0 Å². The van der Waals surface area contributed by atoms with Gasteiger partial charge in [-0.05, 0) is 166 Å². The number of aromatic amines is 1. The van der Waals surface area contributed by atoms with Crippen molar-refractivity contribution in [1.82, 2.24) is 4.98 Å². The third-order valence-corrected chi connectivity index (χ3v) is 16.4. The summed E-state index contributed by atoms with van der Waals surface area (Å²) in [6.07, 6.45) is 0. The van der Waals surface area contributed by atoms with Crippen molar-refractivity contribution in [2.75, 3.05) is 27.1 Å². The predicted octanol–water partition coefficient (Wildman–Crippen LogP) is 23.9. The molecule has 0 aliphatic carbocycles. The summed E-state index contributed by atoms with van der Waals surface area (Å²) in [6.45, 7) is 26.5. The average molecular weight is 1170 g/mol. The summed E-state index contributed by atoms with van der Waals surface area (Å²) < 4.78 is 16.1. The van der Waals surface area contributed by atoms with Gasteiger partial charge in [0, 0.05) is 32.9 Å². The zero-order chi connectivity index (χ0) is 63.0. The fourth-order valence-corrected chi connectivity index (χ4v) is 11.0. The van der Waals surface area contributed by atoms with E-state index in [1.807, 2.05) is 18.2 Å². The molecule has 13 aromatic rings. The van der Waals surface area contributed by atoms with Crippen LogP contribution in [-0.2, 0) is 0 Å². The van der Waals surface area contributed by atoms with Gasteiger partial charge in [0.2, 0.25) is 0 Å². The Morgan fingerprint density at radius 3 is 1.24 bits per heavy atom. The number of ether oxygens (including phenoxy) is 3. The molecule has 0 fully saturated rings. The van der Waals surface area contributed by atoms with E-state index in [0.29, 0.717) is 35.5 Å². The Morgan fingerprint density at radius 2 is 0.693 bits per heavy atom. The van der Waals surface area contributed by atoms with Crippen LogP contribution in [0.15, 0.2) is 231 Å². The second-order valence-electron chi connectivity index (χ2n) is 24.7. The molecule has 0 saturated heterocycles. The number of nitrogen functional groups attached to an aromatic ring is 1. The fourth-order valence-electron chi connectivity index (χ4n) is 11.0. The Kier molecular flexibility index (Phi) is 22.5. The Morgan fingerprint density at radius 1 is 0.284 bits per heavy atom. The largest absolute Gasteiger partial charge is 0.497 e. The maximum atomic E-state index is 5.72. The lowest BCUT2D eigenvalue weighted by molar-refractivity contribution is 0.408. The van der Waals surface area contributed by atoms with Gasteiger partial charge in [-0.25, -0.2) is 0 Å². The first-order valence-electron chi connectivity index (χ1n) is 31.3. The van der Waals surface area contributed by atoms with Gasteiger partial charge in [-0.3, -0.25) is 0 Å². The number of benzene rings is 12. The minimum absolute atomic E-state index is 0.490. The van der Waals surface area contributed by atoms with E-state index in [0.717, 1.165) is 22.9 Å². The van der Waals surface area contributed by atoms with E-state index in [2.05, 4.69) is 300 Å².